The second kappa shape index (κ2) is 4.81. The molecule has 2 aromatic rings. The summed E-state index contributed by atoms with van der Waals surface area (Å²) in [7, 11) is 0. The number of benzene rings is 1. The highest BCUT2D eigenvalue weighted by Gasteiger charge is 2.19. The topological polar surface area (TPSA) is 77.3 Å². The van der Waals surface area contributed by atoms with Gasteiger partial charge in [-0.05, 0) is 25.1 Å². The molecule has 1 aromatic heterocycles. The first-order chi connectivity index (χ1) is 9.25. The zero-order chi connectivity index (χ0) is 13.2. The van der Waals surface area contributed by atoms with Crippen molar-refractivity contribution in [1.29, 1.82) is 0 Å². The van der Waals surface area contributed by atoms with Crippen molar-refractivity contribution < 1.29 is 9.66 Å². The van der Waals surface area contributed by atoms with Crippen LogP contribution in [0.5, 0.6) is 5.75 Å². The number of nitrogens with one attached hydrogen (secondary N) is 1. The molecule has 3 rings (SSSR count). The van der Waals surface area contributed by atoms with Crippen molar-refractivity contribution in [3.05, 3.63) is 40.7 Å². The van der Waals surface area contributed by atoms with Gasteiger partial charge in [0.2, 0.25) is 0 Å². The monoisotopic (exact) mass is 259 g/mol. The number of fused-ring (bicyclic) bond motifs is 1. The van der Waals surface area contributed by atoms with Crippen LogP contribution >= 0.6 is 0 Å². The number of hydrogen-bond acceptors (Lipinski definition) is 5. The molecule has 0 spiro atoms. The maximum absolute atomic E-state index is 11.0. The molecule has 0 aliphatic carbocycles. The summed E-state index contributed by atoms with van der Waals surface area (Å²) >= 11 is 0. The molecule has 1 aliphatic rings. The van der Waals surface area contributed by atoms with Crippen LogP contribution in [0.2, 0.25) is 0 Å². The molecular formula is C13H13N3O3. The van der Waals surface area contributed by atoms with Crippen molar-refractivity contribution in [3.8, 4) is 5.75 Å². The third-order valence-corrected chi connectivity index (χ3v) is 3.26. The van der Waals surface area contributed by atoms with Gasteiger partial charge in [0.15, 0.2) is 0 Å². The minimum atomic E-state index is -0.398. The van der Waals surface area contributed by atoms with Gasteiger partial charge in [0, 0.05) is 30.4 Å². The highest BCUT2D eigenvalue weighted by molar-refractivity contribution is 5.94. The molecule has 19 heavy (non-hydrogen) atoms. The number of rotatable bonds is 3. The molecule has 1 saturated heterocycles. The largest absolute Gasteiger partial charge is 0.488 e. The van der Waals surface area contributed by atoms with E-state index in [0.29, 0.717) is 11.1 Å². The Labute approximate surface area is 109 Å². The number of nitro benzene ring substituents is 1. The van der Waals surface area contributed by atoms with Crippen LogP contribution in [-0.4, -0.2) is 29.1 Å². The van der Waals surface area contributed by atoms with Gasteiger partial charge < -0.3 is 10.1 Å². The van der Waals surface area contributed by atoms with Crippen LogP contribution in [0.1, 0.15) is 6.42 Å². The maximum atomic E-state index is 11.0. The molecule has 1 aromatic carbocycles. The van der Waals surface area contributed by atoms with E-state index in [9.17, 15) is 10.1 Å². The third kappa shape index (κ3) is 2.22. The third-order valence-electron chi connectivity index (χ3n) is 3.26. The number of aromatic nitrogens is 1. The number of ether oxygens (including phenoxy) is 1. The van der Waals surface area contributed by atoms with Gasteiger partial charge in [0.05, 0.1) is 10.3 Å². The summed E-state index contributed by atoms with van der Waals surface area (Å²) in [4.78, 5) is 14.6. The summed E-state index contributed by atoms with van der Waals surface area (Å²) in [5, 5.41) is 15.5. The first kappa shape index (κ1) is 11.9. The second-order valence-electron chi connectivity index (χ2n) is 4.49. The lowest BCUT2D eigenvalue weighted by Crippen LogP contribution is -2.19. The molecule has 1 unspecified atom stereocenters. The Morgan fingerprint density at radius 2 is 2.26 bits per heavy atom. The first-order valence-electron chi connectivity index (χ1n) is 6.14. The molecule has 98 valence electrons. The highest BCUT2D eigenvalue weighted by Crippen LogP contribution is 2.33. The van der Waals surface area contributed by atoms with E-state index in [1.807, 2.05) is 0 Å². The Morgan fingerprint density at radius 3 is 3.00 bits per heavy atom. The molecule has 0 saturated carbocycles. The fraction of sp³-hybridized carbons (Fsp3) is 0.308. The van der Waals surface area contributed by atoms with E-state index in [2.05, 4.69) is 10.3 Å². The molecule has 0 bridgehead atoms. The van der Waals surface area contributed by atoms with Gasteiger partial charge in [-0.2, -0.15) is 0 Å². The van der Waals surface area contributed by atoms with Crippen molar-refractivity contribution in [3.63, 3.8) is 0 Å². The van der Waals surface area contributed by atoms with Crippen LogP contribution < -0.4 is 10.1 Å². The van der Waals surface area contributed by atoms with Gasteiger partial charge in [-0.1, -0.05) is 0 Å². The van der Waals surface area contributed by atoms with Crippen LogP contribution in [0.25, 0.3) is 10.8 Å². The average molecular weight is 259 g/mol. The Hall–Kier alpha value is -2.21. The fourth-order valence-electron chi connectivity index (χ4n) is 2.32. The molecule has 0 amide bonds. The lowest BCUT2D eigenvalue weighted by Gasteiger charge is -2.14. The van der Waals surface area contributed by atoms with E-state index < -0.39 is 4.92 Å². The predicted octanol–water partition coefficient (Wildman–Crippen LogP) is 1.88. The van der Waals surface area contributed by atoms with Crippen LogP contribution in [0, 0.1) is 10.1 Å². The van der Waals surface area contributed by atoms with Crippen LogP contribution in [0.3, 0.4) is 0 Å². The molecule has 1 aliphatic heterocycles. The van der Waals surface area contributed by atoms with E-state index in [-0.39, 0.29) is 11.8 Å². The molecule has 1 atom stereocenters. The van der Waals surface area contributed by atoms with Crippen molar-refractivity contribution in [2.45, 2.75) is 12.5 Å². The molecular weight excluding hydrogens is 246 g/mol. The SMILES string of the molecule is O=[N+]([O-])c1ccc(OC2CCNC2)c2ccncc12. The van der Waals surface area contributed by atoms with Gasteiger partial charge in [0.25, 0.3) is 5.69 Å². The Bertz CT molecular complexity index is 624. The standard InChI is InChI=1S/C13H13N3O3/c17-16(18)12-1-2-13(19-9-3-5-14-7-9)10-4-6-15-8-11(10)12/h1-2,4,6,8-9,14H,3,5,7H2. The van der Waals surface area contributed by atoms with Crippen molar-refractivity contribution in [2.75, 3.05) is 13.1 Å². The minimum Gasteiger partial charge on any atom is -0.488 e. The van der Waals surface area contributed by atoms with E-state index in [4.69, 9.17) is 4.74 Å². The maximum Gasteiger partial charge on any atom is 0.279 e. The van der Waals surface area contributed by atoms with Gasteiger partial charge in [0.1, 0.15) is 11.9 Å². The second-order valence-corrected chi connectivity index (χ2v) is 4.49. The summed E-state index contributed by atoms with van der Waals surface area (Å²) < 4.78 is 5.91. The number of non-ortho nitro benzene ring substituents is 1. The average Bonchev–Trinajstić information content (AvgIpc) is 2.91. The van der Waals surface area contributed by atoms with Crippen LogP contribution in [0.4, 0.5) is 5.69 Å². The molecule has 1 N–H and O–H groups in total. The summed E-state index contributed by atoms with van der Waals surface area (Å²) in [6.07, 6.45) is 4.20. The van der Waals surface area contributed by atoms with Gasteiger partial charge in [-0.3, -0.25) is 15.1 Å². The zero-order valence-electron chi connectivity index (χ0n) is 10.2. The lowest BCUT2D eigenvalue weighted by atomic mass is 10.1. The minimum absolute atomic E-state index is 0.0556. The molecule has 2 heterocycles. The number of hydrogen-bond donors (Lipinski definition) is 1. The summed E-state index contributed by atoms with van der Waals surface area (Å²) in [5.41, 5.74) is 0.0556. The summed E-state index contributed by atoms with van der Waals surface area (Å²) in [6.45, 7) is 1.75. The zero-order valence-corrected chi connectivity index (χ0v) is 10.2. The quantitative estimate of drug-likeness (QED) is 0.672. The van der Waals surface area contributed by atoms with E-state index in [1.165, 1.54) is 12.3 Å². The molecule has 6 nitrogen and oxygen atoms in total. The molecule has 0 radical (unpaired) electrons. The Morgan fingerprint density at radius 1 is 1.37 bits per heavy atom. The fourth-order valence-corrected chi connectivity index (χ4v) is 2.32. The number of pyridine rings is 1. The van der Waals surface area contributed by atoms with Crippen molar-refractivity contribution >= 4 is 16.5 Å². The summed E-state index contributed by atoms with van der Waals surface area (Å²) in [6, 6.07) is 4.89. The van der Waals surface area contributed by atoms with Crippen LogP contribution in [-0.2, 0) is 0 Å². The highest BCUT2D eigenvalue weighted by atomic mass is 16.6. The van der Waals surface area contributed by atoms with E-state index in [1.54, 1.807) is 18.3 Å². The van der Waals surface area contributed by atoms with Gasteiger partial charge in [-0.25, -0.2) is 0 Å². The van der Waals surface area contributed by atoms with E-state index >= 15 is 0 Å². The predicted molar refractivity (Wildman–Crippen MR) is 70.3 cm³/mol. The Balaban J connectivity index is 2.05. The number of nitro groups is 1. The number of nitrogens with zero attached hydrogens (tertiary/aromatic N) is 2. The van der Waals surface area contributed by atoms with Crippen molar-refractivity contribution in [2.24, 2.45) is 0 Å². The molecule has 6 heteroatoms. The molecule has 1 fully saturated rings. The smallest absolute Gasteiger partial charge is 0.279 e. The van der Waals surface area contributed by atoms with Crippen LogP contribution in [0.15, 0.2) is 30.6 Å². The van der Waals surface area contributed by atoms with Crippen molar-refractivity contribution in [1.82, 2.24) is 10.3 Å². The normalized spacial score (nSPS) is 18.6. The van der Waals surface area contributed by atoms with Gasteiger partial charge in [-0.15, -0.1) is 0 Å². The van der Waals surface area contributed by atoms with Gasteiger partial charge >= 0.3 is 0 Å². The lowest BCUT2D eigenvalue weighted by molar-refractivity contribution is -0.383. The first-order valence-corrected chi connectivity index (χ1v) is 6.14. The Kier molecular flexibility index (Phi) is 3.00. The van der Waals surface area contributed by atoms with E-state index in [0.717, 1.165) is 24.9 Å². The summed E-state index contributed by atoms with van der Waals surface area (Å²) in [5.74, 6) is 0.678.